The standard InChI is InChI=1S/C17H21N3O/c1-3-4-7-10-20-14(12-18)11-15(19)17(20)21-16-9-6-5-8-13(16)2/h5-6,8-9,11H,3-4,7,10,19H2,1-2H3. The third-order valence-corrected chi connectivity index (χ3v) is 3.48. The largest absolute Gasteiger partial charge is 0.438 e. The molecule has 1 heterocycles. The van der Waals surface area contributed by atoms with Crippen LogP contribution in [0.25, 0.3) is 0 Å². The number of benzene rings is 1. The maximum Gasteiger partial charge on any atom is 0.224 e. The van der Waals surface area contributed by atoms with Gasteiger partial charge in [-0.25, -0.2) is 0 Å². The molecule has 0 aliphatic rings. The van der Waals surface area contributed by atoms with Crippen LogP contribution in [0.2, 0.25) is 0 Å². The first-order valence-electron chi connectivity index (χ1n) is 7.30. The lowest BCUT2D eigenvalue weighted by atomic mass is 10.2. The zero-order valence-electron chi connectivity index (χ0n) is 12.6. The molecule has 4 heteroatoms. The molecule has 0 aliphatic carbocycles. The summed E-state index contributed by atoms with van der Waals surface area (Å²) in [6.07, 6.45) is 3.25. The quantitative estimate of drug-likeness (QED) is 0.807. The number of ether oxygens (including phenoxy) is 1. The predicted molar refractivity (Wildman–Crippen MR) is 84.3 cm³/mol. The van der Waals surface area contributed by atoms with Crippen molar-refractivity contribution in [3.8, 4) is 17.7 Å². The van der Waals surface area contributed by atoms with Crippen LogP contribution in [0.5, 0.6) is 11.6 Å². The van der Waals surface area contributed by atoms with Gasteiger partial charge in [-0.15, -0.1) is 0 Å². The van der Waals surface area contributed by atoms with Gasteiger partial charge in [0.2, 0.25) is 5.88 Å². The van der Waals surface area contributed by atoms with Gasteiger partial charge in [0.05, 0.1) is 5.69 Å². The Morgan fingerprint density at radius 2 is 2.05 bits per heavy atom. The van der Waals surface area contributed by atoms with Crippen molar-refractivity contribution in [1.82, 2.24) is 4.57 Å². The number of anilines is 1. The van der Waals surface area contributed by atoms with Gasteiger partial charge in [-0.2, -0.15) is 5.26 Å². The summed E-state index contributed by atoms with van der Waals surface area (Å²) in [5.41, 5.74) is 8.12. The number of nitriles is 1. The smallest absolute Gasteiger partial charge is 0.224 e. The lowest BCUT2D eigenvalue weighted by Crippen LogP contribution is -2.04. The van der Waals surface area contributed by atoms with Crippen molar-refractivity contribution < 1.29 is 4.74 Å². The van der Waals surface area contributed by atoms with Gasteiger partial charge in [-0.1, -0.05) is 38.0 Å². The van der Waals surface area contributed by atoms with Gasteiger partial charge < -0.3 is 15.0 Å². The molecule has 21 heavy (non-hydrogen) atoms. The molecule has 0 atom stereocenters. The number of nitrogens with two attached hydrogens (primary N) is 1. The van der Waals surface area contributed by atoms with Crippen LogP contribution in [-0.2, 0) is 6.54 Å². The number of aromatic nitrogens is 1. The maximum absolute atomic E-state index is 9.25. The molecule has 0 fully saturated rings. The molecular weight excluding hydrogens is 262 g/mol. The predicted octanol–water partition coefficient (Wildman–Crippen LogP) is 4.23. The van der Waals surface area contributed by atoms with Crippen LogP contribution in [0.3, 0.4) is 0 Å². The number of nitrogens with zero attached hydrogens (tertiary/aromatic N) is 2. The molecule has 0 radical (unpaired) electrons. The summed E-state index contributed by atoms with van der Waals surface area (Å²) >= 11 is 0. The Hall–Kier alpha value is -2.41. The highest BCUT2D eigenvalue weighted by molar-refractivity contribution is 5.56. The minimum absolute atomic E-state index is 0.506. The van der Waals surface area contributed by atoms with Crippen LogP contribution >= 0.6 is 0 Å². The molecule has 4 nitrogen and oxygen atoms in total. The fourth-order valence-electron chi connectivity index (χ4n) is 2.28. The molecule has 2 N–H and O–H groups in total. The molecule has 0 aliphatic heterocycles. The molecule has 0 bridgehead atoms. The van der Waals surface area contributed by atoms with E-state index in [1.165, 1.54) is 0 Å². The van der Waals surface area contributed by atoms with E-state index in [4.69, 9.17) is 10.5 Å². The minimum Gasteiger partial charge on any atom is -0.438 e. The van der Waals surface area contributed by atoms with E-state index in [2.05, 4.69) is 13.0 Å². The van der Waals surface area contributed by atoms with E-state index in [9.17, 15) is 5.26 Å². The van der Waals surface area contributed by atoms with E-state index < -0.39 is 0 Å². The summed E-state index contributed by atoms with van der Waals surface area (Å²) in [7, 11) is 0. The molecule has 0 spiro atoms. The van der Waals surface area contributed by atoms with Gasteiger partial charge in [0.1, 0.15) is 17.5 Å². The van der Waals surface area contributed by atoms with Crippen molar-refractivity contribution in [2.75, 3.05) is 5.73 Å². The molecule has 0 saturated heterocycles. The lowest BCUT2D eigenvalue weighted by molar-refractivity contribution is 0.420. The molecule has 1 aromatic heterocycles. The highest BCUT2D eigenvalue weighted by atomic mass is 16.5. The molecule has 2 rings (SSSR count). The second kappa shape index (κ2) is 6.85. The van der Waals surface area contributed by atoms with Gasteiger partial charge in [-0.05, 0) is 25.0 Å². The second-order valence-corrected chi connectivity index (χ2v) is 5.13. The average molecular weight is 283 g/mol. The summed E-state index contributed by atoms with van der Waals surface area (Å²) in [4.78, 5) is 0. The third kappa shape index (κ3) is 3.38. The molecule has 0 amide bonds. The van der Waals surface area contributed by atoms with Gasteiger partial charge in [0, 0.05) is 12.6 Å². The highest BCUT2D eigenvalue weighted by Crippen LogP contribution is 2.32. The monoisotopic (exact) mass is 283 g/mol. The number of hydrogen-bond donors (Lipinski definition) is 1. The first kappa shape index (κ1) is 15.0. The third-order valence-electron chi connectivity index (χ3n) is 3.48. The number of rotatable bonds is 6. The SMILES string of the molecule is CCCCCn1c(C#N)cc(N)c1Oc1ccccc1C. The molecule has 0 saturated carbocycles. The van der Waals surface area contributed by atoms with E-state index in [1.54, 1.807) is 6.07 Å². The van der Waals surface area contributed by atoms with Gasteiger partial charge in [-0.3, -0.25) is 0 Å². The zero-order chi connectivity index (χ0) is 15.2. The van der Waals surface area contributed by atoms with E-state index >= 15 is 0 Å². The summed E-state index contributed by atoms with van der Waals surface area (Å²) < 4.78 is 7.84. The molecule has 2 aromatic rings. The van der Waals surface area contributed by atoms with Crippen molar-refractivity contribution in [2.24, 2.45) is 0 Å². The summed E-state index contributed by atoms with van der Waals surface area (Å²) in [6.45, 7) is 4.89. The Kier molecular flexibility index (Phi) is 4.89. The summed E-state index contributed by atoms with van der Waals surface area (Å²) in [5.74, 6) is 1.33. The lowest BCUT2D eigenvalue weighted by Gasteiger charge is -2.13. The summed E-state index contributed by atoms with van der Waals surface area (Å²) in [6, 6.07) is 11.7. The zero-order valence-corrected chi connectivity index (χ0v) is 12.6. The topological polar surface area (TPSA) is 64.0 Å². The Bertz CT molecular complexity index is 653. The van der Waals surface area contributed by atoms with Crippen molar-refractivity contribution in [2.45, 2.75) is 39.7 Å². The molecule has 1 aromatic carbocycles. The first-order chi connectivity index (χ1) is 10.2. The molecule has 0 unspecified atom stereocenters. The van der Waals surface area contributed by atoms with Crippen molar-refractivity contribution in [1.29, 1.82) is 5.26 Å². The Morgan fingerprint density at radius 1 is 1.29 bits per heavy atom. The number of aryl methyl sites for hydroxylation is 1. The molecular formula is C17H21N3O. The van der Waals surface area contributed by atoms with E-state index in [0.29, 0.717) is 17.3 Å². The molecule has 110 valence electrons. The minimum atomic E-state index is 0.506. The van der Waals surface area contributed by atoms with Crippen LogP contribution in [0.4, 0.5) is 5.69 Å². The Labute approximate surface area is 125 Å². The number of nitrogen functional groups attached to an aromatic ring is 1. The normalized spacial score (nSPS) is 10.3. The van der Waals surface area contributed by atoms with Gasteiger partial charge in [0.25, 0.3) is 0 Å². The van der Waals surface area contributed by atoms with Crippen molar-refractivity contribution in [3.63, 3.8) is 0 Å². The van der Waals surface area contributed by atoms with Crippen LogP contribution in [0, 0.1) is 18.3 Å². The first-order valence-corrected chi connectivity index (χ1v) is 7.30. The number of para-hydroxylation sites is 1. The van der Waals surface area contributed by atoms with Crippen LogP contribution in [-0.4, -0.2) is 4.57 Å². The van der Waals surface area contributed by atoms with E-state index in [1.807, 2.05) is 35.8 Å². The fourth-order valence-corrected chi connectivity index (χ4v) is 2.28. The second-order valence-electron chi connectivity index (χ2n) is 5.13. The number of hydrogen-bond acceptors (Lipinski definition) is 3. The van der Waals surface area contributed by atoms with Gasteiger partial charge >= 0.3 is 0 Å². The van der Waals surface area contributed by atoms with Gasteiger partial charge in [0.15, 0.2) is 0 Å². The van der Waals surface area contributed by atoms with Crippen molar-refractivity contribution >= 4 is 5.69 Å². The summed E-state index contributed by atoms with van der Waals surface area (Å²) in [5, 5.41) is 9.25. The highest BCUT2D eigenvalue weighted by Gasteiger charge is 2.15. The van der Waals surface area contributed by atoms with Crippen LogP contribution < -0.4 is 10.5 Å². The number of unbranched alkanes of at least 4 members (excludes halogenated alkanes) is 2. The average Bonchev–Trinajstić information content (AvgIpc) is 2.78. The van der Waals surface area contributed by atoms with Crippen LogP contribution in [0.1, 0.15) is 37.4 Å². The maximum atomic E-state index is 9.25. The Balaban J connectivity index is 2.32. The Morgan fingerprint density at radius 3 is 2.71 bits per heavy atom. The fraction of sp³-hybridized carbons (Fsp3) is 0.353. The van der Waals surface area contributed by atoms with E-state index in [-0.39, 0.29) is 0 Å². The van der Waals surface area contributed by atoms with Crippen LogP contribution in [0.15, 0.2) is 30.3 Å². The van der Waals surface area contributed by atoms with E-state index in [0.717, 1.165) is 37.1 Å². The van der Waals surface area contributed by atoms with Crippen molar-refractivity contribution in [3.05, 3.63) is 41.6 Å².